The summed E-state index contributed by atoms with van der Waals surface area (Å²) in [5.41, 5.74) is 1.49. The molecule has 2 amide bonds. The van der Waals surface area contributed by atoms with E-state index in [0.717, 1.165) is 12.0 Å². The largest absolute Gasteiger partial charge is 0.478 e. The number of carbonyl (C=O) groups is 2. The highest BCUT2D eigenvalue weighted by Crippen LogP contribution is 2.17. The molecular formula is C15H22N2O3. The Balaban J connectivity index is 2.70. The van der Waals surface area contributed by atoms with Gasteiger partial charge >= 0.3 is 12.0 Å². The summed E-state index contributed by atoms with van der Waals surface area (Å²) in [5.74, 6) is -0.510. The normalized spacial score (nSPS) is 12.1. The second kappa shape index (κ2) is 6.93. The van der Waals surface area contributed by atoms with Gasteiger partial charge in [-0.15, -0.1) is 0 Å². The Hall–Kier alpha value is -2.04. The van der Waals surface area contributed by atoms with Crippen LogP contribution in [-0.4, -0.2) is 23.1 Å². The minimum atomic E-state index is -1.01. The van der Waals surface area contributed by atoms with Crippen molar-refractivity contribution >= 4 is 17.7 Å². The van der Waals surface area contributed by atoms with Crippen LogP contribution in [0.4, 0.5) is 10.5 Å². The monoisotopic (exact) mass is 278 g/mol. The van der Waals surface area contributed by atoms with Gasteiger partial charge in [-0.1, -0.05) is 19.9 Å². The Bertz CT molecular complexity index is 498. The van der Waals surface area contributed by atoms with Crippen molar-refractivity contribution in [3.8, 4) is 0 Å². The van der Waals surface area contributed by atoms with Crippen molar-refractivity contribution in [2.75, 3.05) is 5.32 Å². The lowest BCUT2D eigenvalue weighted by Gasteiger charge is -2.17. The van der Waals surface area contributed by atoms with Crippen molar-refractivity contribution in [1.82, 2.24) is 5.32 Å². The molecule has 5 nitrogen and oxygen atoms in total. The number of amides is 2. The van der Waals surface area contributed by atoms with Gasteiger partial charge in [-0.3, -0.25) is 0 Å². The van der Waals surface area contributed by atoms with Crippen molar-refractivity contribution in [3.63, 3.8) is 0 Å². The fraction of sp³-hybridized carbons (Fsp3) is 0.467. The van der Waals surface area contributed by atoms with Crippen LogP contribution in [0.3, 0.4) is 0 Å². The Morgan fingerprint density at radius 2 is 1.90 bits per heavy atom. The molecule has 0 heterocycles. The maximum Gasteiger partial charge on any atom is 0.335 e. The molecule has 0 saturated heterocycles. The van der Waals surface area contributed by atoms with Crippen molar-refractivity contribution in [3.05, 3.63) is 29.3 Å². The number of carbonyl (C=O) groups excluding carboxylic acids is 1. The van der Waals surface area contributed by atoms with E-state index in [1.807, 2.05) is 13.8 Å². The summed E-state index contributed by atoms with van der Waals surface area (Å²) < 4.78 is 0. The van der Waals surface area contributed by atoms with Crippen LogP contribution in [-0.2, 0) is 0 Å². The number of hydrogen-bond acceptors (Lipinski definition) is 2. The lowest BCUT2D eigenvalue weighted by molar-refractivity contribution is 0.0697. The standard InChI is InChI=1S/C15H22N2O3/c1-9(2)7-11(4)16-15(20)17-13-8-12(14(18)19)6-5-10(13)3/h5-6,8-9,11H,7H2,1-4H3,(H,18,19)(H2,16,17,20). The quantitative estimate of drug-likeness (QED) is 0.773. The number of carboxylic acids is 1. The zero-order chi connectivity index (χ0) is 15.3. The number of anilines is 1. The van der Waals surface area contributed by atoms with Gasteiger partial charge in [0.1, 0.15) is 0 Å². The molecule has 0 saturated carbocycles. The number of benzene rings is 1. The Labute approximate surface area is 119 Å². The molecule has 20 heavy (non-hydrogen) atoms. The average Bonchev–Trinajstić information content (AvgIpc) is 2.30. The number of carboxylic acid groups (broad SMARTS) is 1. The van der Waals surface area contributed by atoms with Gasteiger partial charge in [0.25, 0.3) is 0 Å². The van der Waals surface area contributed by atoms with Crippen molar-refractivity contribution < 1.29 is 14.7 Å². The SMILES string of the molecule is Cc1ccc(C(=O)O)cc1NC(=O)NC(C)CC(C)C. The molecule has 0 aliphatic rings. The zero-order valence-electron chi connectivity index (χ0n) is 12.4. The molecule has 1 rings (SSSR count). The molecule has 1 aromatic carbocycles. The van der Waals surface area contributed by atoms with Crippen molar-refractivity contribution in [2.45, 2.75) is 40.2 Å². The summed E-state index contributed by atoms with van der Waals surface area (Å²) in [6.45, 7) is 7.95. The average molecular weight is 278 g/mol. The van der Waals surface area contributed by atoms with Crippen LogP contribution in [0, 0.1) is 12.8 Å². The van der Waals surface area contributed by atoms with E-state index in [4.69, 9.17) is 5.11 Å². The summed E-state index contributed by atoms with van der Waals surface area (Å²) in [6.07, 6.45) is 0.890. The van der Waals surface area contributed by atoms with E-state index < -0.39 is 5.97 Å². The topological polar surface area (TPSA) is 78.4 Å². The van der Waals surface area contributed by atoms with E-state index in [1.54, 1.807) is 6.07 Å². The van der Waals surface area contributed by atoms with Gasteiger partial charge in [-0.2, -0.15) is 0 Å². The van der Waals surface area contributed by atoms with Crippen LogP contribution in [0.5, 0.6) is 0 Å². The number of hydrogen-bond donors (Lipinski definition) is 3. The summed E-state index contributed by atoms with van der Waals surface area (Å²) in [4.78, 5) is 22.8. The minimum Gasteiger partial charge on any atom is -0.478 e. The van der Waals surface area contributed by atoms with Crippen LogP contribution in [0.25, 0.3) is 0 Å². The fourth-order valence-corrected chi connectivity index (χ4v) is 2.04. The molecule has 1 unspecified atom stereocenters. The van der Waals surface area contributed by atoms with E-state index >= 15 is 0 Å². The smallest absolute Gasteiger partial charge is 0.335 e. The molecule has 0 bridgehead atoms. The number of aromatic carboxylic acids is 1. The highest BCUT2D eigenvalue weighted by atomic mass is 16.4. The molecular weight excluding hydrogens is 256 g/mol. The number of urea groups is 1. The lowest BCUT2D eigenvalue weighted by atomic mass is 10.1. The second-order valence-corrected chi connectivity index (χ2v) is 5.46. The molecule has 110 valence electrons. The highest BCUT2D eigenvalue weighted by Gasteiger charge is 2.11. The first kappa shape index (κ1) is 16.0. The summed E-state index contributed by atoms with van der Waals surface area (Å²) >= 11 is 0. The molecule has 1 aromatic rings. The van der Waals surface area contributed by atoms with Gasteiger partial charge in [0.15, 0.2) is 0 Å². The third-order valence-electron chi connectivity index (χ3n) is 2.94. The molecule has 5 heteroatoms. The predicted molar refractivity (Wildman–Crippen MR) is 79.2 cm³/mol. The van der Waals surface area contributed by atoms with Gasteiger partial charge in [-0.25, -0.2) is 9.59 Å². The summed E-state index contributed by atoms with van der Waals surface area (Å²) in [6, 6.07) is 4.41. The van der Waals surface area contributed by atoms with Crippen molar-refractivity contribution in [1.29, 1.82) is 0 Å². The number of aryl methyl sites for hydroxylation is 1. The van der Waals surface area contributed by atoms with E-state index in [0.29, 0.717) is 11.6 Å². The maximum absolute atomic E-state index is 11.9. The van der Waals surface area contributed by atoms with E-state index in [-0.39, 0.29) is 17.6 Å². The van der Waals surface area contributed by atoms with Gasteiger partial charge < -0.3 is 15.7 Å². The first-order valence-electron chi connectivity index (χ1n) is 6.71. The molecule has 1 atom stereocenters. The van der Waals surface area contributed by atoms with E-state index in [1.165, 1.54) is 12.1 Å². The Morgan fingerprint density at radius 3 is 2.45 bits per heavy atom. The van der Waals surface area contributed by atoms with Crippen molar-refractivity contribution in [2.24, 2.45) is 5.92 Å². The van der Waals surface area contributed by atoms with E-state index in [9.17, 15) is 9.59 Å². The summed E-state index contributed by atoms with van der Waals surface area (Å²) in [5, 5.41) is 14.5. The van der Waals surface area contributed by atoms with Gasteiger partial charge in [0.2, 0.25) is 0 Å². The number of rotatable bonds is 5. The van der Waals surface area contributed by atoms with Crippen LogP contribution in [0.15, 0.2) is 18.2 Å². The van der Waals surface area contributed by atoms with E-state index in [2.05, 4.69) is 24.5 Å². The minimum absolute atomic E-state index is 0.0676. The van der Waals surface area contributed by atoms with Gasteiger partial charge in [0.05, 0.1) is 5.56 Å². The van der Waals surface area contributed by atoms with Gasteiger partial charge in [-0.05, 0) is 43.9 Å². The van der Waals surface area contributed by atoms with Crippen LogP contribution >= 0.6 is 0 Å². The molecule has 0 spiro atoms. The third kappa shape index (κ3) is 4.91. The fourth-order valence-electron chi connectivity index (χ4n) is 2.04. The number of nitrogens with one attached hydrogen (secondary N) is 2. The van der Waals surface area contributed by atoms with Crippen LogP contribution < -0.4 is 10.6 Å². The molecule has 0 radical (unpaired) electrons. The summed E-state index contributed by atoms with van der Waals surface area (Å²) in [7, 11) is 0. The molecule has 3 N–H and O–H groups in total. The molecule has 0 aromatic heterocycles. The third-order valence-corrected chi connectivity index (χ3v) is 2.94. The zero-order valence-corrected chi connectivity index (χ0v) is 12.4. The molecule has 0 fully saturated rings. The highest BCUT2D eigenvalue weighted by molar-refractivity contribution is 5.94. The molecule has 0 aliphatic heterocycles. The first-order chi connectivity index (χ1) is 9.29. The Kier molecular flexibility index (Phi) is 5.55. The molecule has 0 aliphatic carbocycles. The lowest BCUT2D eigenvalue weighted by Crippen LogP contribution is -2.37. The Morgan fingerprint density at radius 1 is 1.25 bits per heavy atom. The van der Waals surface area contributed by atoms with Crippen LogP contribution in [0.2, 0.25) is 0 Å². The van der Waals surface area contributed by atoms with Gasteiger partial charge in [0, 0.05) is 11.7 Å². The van der Waals surface area contributed by atoms with Crippen LogP contribution in [0.1, 0.15) is 43.1 Å². The second-order valence-electron chi connectivity index (χ2n) is 5.46. The maximum atomic E-state index is 11.9. The predicted octanol–water partition coefficient (Wildman–Crippen LogP) is 3.25. The first-order valence-corrected chi connectivity index (χ1v) is 6.71.